The number of hydrogen-bond acceptors (Lipinski definition) is 3. The first-order valence-corrected chi connectivity index (χ1v) is 7.77. The van der Waals surface area contributed by atoms with Crippen molar-refractivity contribution in [3.63, 3.8) is 0 Å². The molecule has 0 spiro atoms. The molecule has 4 heteroatoms. The lowest BCUT2D eigenvalue weighted by atomic mass is 9.82. The van der Waals surface area contributed by atoms with Crippen LogP contribution in [0.25, 0.3) is 0 Å². The smallest absolute Gasteiger partial charge is 0.256 e. The molecule has 1 aromatic heterocycles. The summed E-state index contributed by atoms with van der Waals surface area (Å²) in [7, 11) is 0. The summed E-state index contributed by atoms with van der Waals surface area (Å²) in [6, 6.07) is 8.53. The van der Waals surface area contributed by atoms with Crippen LogP contribution in [0, 0.1) is 0 Å². The predicted molar refractivity (Wildman–Crippen MR) is 82.9 cm³/mol. The Morgan fingerprint density at radius 3 is 3.00 bits per heavy atom. The van der Waals surface area contributed by atoms with Gasteiger partial charge in [0.25, 0.3) is 5.56 Å². The van der Waals surface area contributed by atoms with Crippen molar-refractivity contribution in [2.75, 3.05) is 11.9 Å². The van der Waals surface area contributed by atoms with Crippen LogP contribution in [0.4, 0.5) is 5.82 Å². The van der Waals surface area contributed by atoms with Crippen LogP contribution in [-0.4, -0.2) is 16.5 Å². The summed E-state index contributed by atoms with van der Waals surface area (Å²) in [4.78, 5) is 20.1. The van der Waals surface area contributed by atoms with Gasteiger partial charge in [-0.25, -0.2) is 4.98 Å². The number of aromatic amines is 1. The molecule has 0 saturated heterocycles. The summed E-state index contributed by atoms with van der Waals surface area (Å²) in [6.07, 6.45) is 5.16. The standard InChI is InChI=1S/C17H19N3O/c21-17-14-9-4-10-18-15(14)19-16(20-17)13-8-3-6-11-5-1-2-7-12(11)13/h1-2,5,7,13H,3-4,6,8-10H2,(H2,18,19,20,21). The molecule has 0 saturated carbocycles. The van der Waals surface area contributed by atoms with Gasteiger partial charge >= 0.3 is 0 Å². The molecule has 2 aliphatic rings. The van der Waals surface area contributed by atoms with E-state index < -0.39 is 0 Å². The predicted octanol–water partition coefficient (Wildman–Crippen LogP) is 2.60. The lowest BCUT2D eigenvalue weighted by molar-refractivity contribution is 0.586. The lowest BCUT2D eigenvalue weighted by Gasteiger charge is -2.26. The van der Waals surface area contributed by atoms with Gasteiger partial charge in [0.1, 0.15) is 11.6 Å². The van der Waals surface area contributed by atoms with E-state index in [1.54, 1.807) is 0 Å². The van der Waals surface area contributed by atoms with E-state index in [2.05, 4.69) is 34.6 Å². The van der Waals surface area contributed by atoms with E-state index in [1.165, 1.54) is 11.1 Å². The van der Waals surface area contributed by atoms with Crippen LogP contribution in [0.5, 0.6) is 0 Å². The lowest BCUT2D eigenvalue weighted by Crippen LogP contribution is -2.27. The molecule has 1 aliphatic carbocycles. The molecule has 0 radical (unpaired) electrons. The van der Waals surface area contributed by atoms with Crippen molar-refractivity contribution in [2.24, 2.45) is 0 Å². The molecule has 1 unspecified atom stereocenters. The molecule has 108 valence electrons. The number of H-pyrrole nitrogens is 1. The minimum atomic E-state index is 0.0326. The van der Waals surface area contributed by atoms with Crippen molar-refractivity contribution >= 4 is 5.82 Å². The van der Waals surface area contributed by atoms with Crippen molar-refractivity contribution in [1.82, 2.24) is 9.97 Å². The van der Waals surface area contributed by atoms with E-state index in [1.807, 2.05) is 0 Å². The third kappa shape index (κ3) is 2.15. The molecular formula is C17H19N3O. The van der Waals surface area contributed by atoms with Crippen LogP contribution in [0.1, 0.15) is 47.7 Å². The first-order chi connectivity index (χ1) is 10.3. The van der Waals surface area contributed by atoms with Gasteiger partial charge in [0.15, 0.2) is 0 Å². The fraction of sp³-hybridized carbons (Fsp3) is 0.412. The first kappa shape index (κ1) is 12.6. The Morgan fingerprint density at radius 1 is 1.14 bits per heavy atom. The van der Waals surface area contributed by atoms with E-state index in [9.17, 15) is 4.79 Å². The SMILES string of the molecule is O=c1[nH]c(C2CCCc3ccccc32)nc2c1CCCN2. The Kier molecular flexibility index (Phi) is 3.02. The molecule has 21 heavy (non-hydrogen) atoms. The fourth-order valence-electron chi connectivity index (χ4n) is 3.57. The summed E-state index contributed by atoms with van der Waals surface area (Å²) in [5, 5.41) is 3.28. The maximum atomic E-state index is 12.3. The first-order valence-electron chi connectivity index (χ1n) is 7.77. The van der Waals surface area contributed by atoms with Crippen LogP contribution in [-0.2, 0) is 12.8 Å². The number of nitrogens with zero attached hydrogens (tertiary/aromatic N) is 1. The Morgan fingerprint density at radius 2 is 2.05 bits per heavy atom. The van der Waals surface area contributed by atoms with Gasteiger partial charge in [-0.05, 0) is 43.2 Å². The summed E-state index contributed by atoms with van der Waals surface area (Å²) in [5.74, 6) is 1.83. The Hall–Kier alpha value is -2.10. The molecule has 1 atom stereocenters. The van der Waals surface area contributed by atoms with Gasteiger partial charge in [-0.1, -0.05) is 24.3 Å². The highest BCUT2D eigenvalue weighted by atomic mass is 16.1. The van der Waals surface area contributed by atoms with Gasteiger partial charge < -0.3 is 10.3 Å². The molecule has 1 aromatic carbocycles. The topological polar surface area (TPSA) is 57.8 Å². The second-order valence-electron chi connectivity index (χ2n) is 5.95. The van der Waals surface area contributed by atoms with Crippen LogP contribution >= 0.6 is 0 Å². The van der Waals surface area contributed by atoms with Crippen LogP contribution < -0.4 is 10.9 Å². The average molecular weight is 281 g/mol. The molecule has 0 amide bonds. The van der Waals surface area contributed by atoms with E-state index >= 15 is 0 Å². The molecule has 0 fully saturated rings. The molecule has 4 rings (SSSR count). The molecule has 4 nitrogen and oxygen atoms in total. The summed E-state index contributed by atoms with van der Waals surface area (Å²) in [5.41, 5.74) is 3.56. The Labute approximate surface area is 123 Å². The largest absolute Gasteiger partial charge is 0.370 e. The molecule has 1 aliphatic heterocycles. The van der Waals surface area contributed by atoms with Crippen molar-refractivity contribution in [3.05, 3.63) is 57.1 Å². The van der Waals surface area contributed by atoms with Crippen LogP contribution in [0.15, 0.2) is 29.1 Å². The van der Waals surface area contributed by atoms with Gasteiger partial charge in [0.05, 0.1) is 5.56 Å². The summed E-state index contributed by atoms with van der Waals surface area (Å²) >= 11 is 0. The third-order valence-corrected chi connectivity index (χ3v) is 4.63. The third-order valence-electron chi connectivity index (χ3n) is 4.63. The second-order valence-corrected chi connectivity index (χ2v) is 5.95. The molecular weight excluding hydrogens is 262 g/mol. The molecule has 2 N–H and O–H groups in total. The number of anilines is 1. The Bertz CT molecular complexity index is 735. The van der Waals surface area contributed by atoms with Crippen molar-refractivity contribution in [1.29, 1.82) is 0 Å². The fourth-order valence-corrected chi connectivity index (χ4v) is 3.57. The second kappa shape index (κ2) is 5.02. The van der Waals surface area contributed by atoms with Crippen molar-refractivity contribution in [2.45, 2.75) is 38.0 Å². The monoisotopic (exact) mass is 281 g/mol. The zero-order valence-corrected chi connectivity index (χ0v) is 12.0. The highest BCUT2D eigenvalue weighted by Gasteiger charge is 2.25. The summed E-state index contributed by atoms with van der Waals surface area (Å²) in [6.45, 7) is 0.907. The minimum absolute atomic E-state index is 0.0326. The number of hydrogen-bond donors (Lipinski definition) is 2. The van der Waals surface area contributed by atoms with E-state index in [0.717, 1.165) is 55.9 Å². The normalized spacial score (nSPS) is 20.3. The van der Waals surface area contributed by atoms with Gasteiger partial charge in [-0.15, -0.1) is 0 Å². The van der Waals surface area contributed by atoms with E-state index in [0.29, 0.717) is 0 Å². The summed E-state index contributed by atoms with van der Waals surface area (Å²) < 4.78 is 0. The van der Waals surface area contributed by atoms with Gasteiger partial charge in [0, 0.05) is 12.5 Å². The maximum Gasteiger partial charge on any atom is 0.256 e. The highest BCUT2D eigenvalue weighted by Crippen LogP contribution is 2.35. The number of aryl methyl sites for hydroxylation is 1. The average Bonchev–Trinajstić information content (AvgIpc) is 2.54. The minimum Gasteiger partial charge on any atom is -0.370 e. The number of aromatic nitrogens is 2. The van der Waals surface area contributed by atoms with E-state index in [-0.39, 0.29) is 11.5 Å². The number of benzene rings is 1. The van der Waals surface area contributed by atoms with Crippen molar-refractivity contribution < 1.29 is 0 Å². The van der Waals surface area contributed by atoms with Gasteiger partial charge in [-0.3, -0.25) is 4.79 Å². The molecule has 0 bridgehead atoms. The quantitative estimate of drug-likeness (QED) is 0.844. The molecule has 2 aromatic rings. The van der Waals surface area contributed by atoms with Gasteiger partial charge in [0.2, 0.25) is 0 Å². The number of nitrogens with one attached hydrogen (secondary N) is 2. The highest BCUT2D eigenvalue weighted by molar-refractivity contribution is 5.46. The Balaban J connectivity index is 1.81. The van der Waals surface area contributed by atoms with E-state index in [4.69, 9.17) is 4.98 Å². The van der Waals surface area contributed by atoms with Crippen LogP contribution in [0.3, 0.4) is 0 Å². The van der Waals surface area contributed by atoms with Crippen molar-refractivity contribution in [3.8, 4) is 0 Å². The zero-order valence-electron chi connectivity index (χ0n) is 12.0. The van der Waals surface area contributed by atoms with Crippen LogP contribution in [0.2, 0.25) is 0 Å². The molecule has 2 heterocycles. The van der Waals surface area contributed by atoms with Gasteiger partial charge in [-0.2, -0.15) is 0 Å². The number of rotatable bonds is 1. The zero-order chi connectivity index (χ0) is 14.2. The number of fused-ring (bicyclic) bond motifs is 2. The maximum absolute atomic E-state index is 12.3.